The van der Waals surface area contributed by atoms with Crippen molar-refractivity contribution in [3.05, 3.63) is 18.7 Å². The smallest absolute Gasteiger partial charge is 0.245 e. The zero-order valence-electron chi connectivity index (χ0n) is 6.89. The summed E-state index contributed by atoms with van der Waals surface area (Å²) in [6.45, 7) is 2.64. The minimum atomic E-state index is -0.333. The van der Waals surface area contributed by atoms with Crippen LogP contribution >= 0.6 is 0 Å². The van der Waals surface area contributed by atoms with E-state index in [9.17, 15) is 9.59 Å². The van der Waals surface area contributed by atoms with Crippen molar-refractivity contribution in [2.24, 2.45) is 0 Å². The Balaban J connectivity index is 2.96. The molecule has 12 heavy (non-hydrogen) atoms. The number of nitrogens with zero attached hydrogens (tertiary/aromatic N) is 3. The van der Waals surface area contributed by atoms with Gasteiger partial charge in [-0.15, -0.1) is 0 Å². The lowest BCUT2D eigenvalue weighted by Crippen LogP contribution is -2.41. The van der Waals surface area contributed by atoms with Crippen molar-refractivity contribution in [1.82, 2.24) is 9.66 Å². The highest BCUT2D eigenvalue weighted by Gasteiger charge is 2.14. The standard InChI is InChI=1S/C7H9N3O2/c1-6(11)10(7(2)12)9-4-3-8-5-9/h3-5H,1-2H3. The number of hydrogen-bond acceptors (Lipinski definition) is 3. The first-order valence-electron chi connectivity index (χ1n) is 3.42. The summed E-state index contributed by atoms with van der Waals surface area (Å²) in [5, 5.41) is 0.993. The highest BCUT2D eigenvalue weighted by atomic mass is 16.2. The van der Waals surface area contributed by atoms with Crippen molar-refractivity contribution >= 4 is 11.8 Å². The minimum Gasteiger partial charge on any atom is -0.273 e. The summed E-state index contributed by atoms with van der Waals surface area (Å²) < 4.78 is 1.34. The summed E-state index contributed by atoms with van der Waals surface area (Å²) in [6.07, 6.45) is 4.42. The summed E-state index contributed by atoms with van der Waals surface area (Å²) in [4.78, 5) is 25.6. The molecule has 0 aliphatic heterocycles. The number of carbonyl (C=O) groups excluding carboxylic acids is 2. The molecule has 1 rings (SSSR count). The first kappa shape index (κ1) is 8.45. The Labute approximate surface area is 69.6 Å². The van der Waals surface area contributed by atoms with Crippen molar-refractivity contribution in [3.63, 3.8) is 0 Å². The van der Waals surface area contributed by atoms with Crippen molar-refractivity contribution in [3.8, 4) is 0 Å². The van der Waals surface area contributed by atoms with E-state index in [2.05, 4.69) is 4.98 Å². The van der Waals surface area contributed by atoms with Crippen LogP contribution in [0, 0.1) is 0 Å². The van der Waals surface area contributed by atoms with Gasteiger partial charge in [-0.1, -0.05) is 0 Å². The molecule has 1 aromatic heterocycles. The molecule has 0 saturated carbocycles. The highest BCUT2D eigenvalue weighted by molar-refractivity contribution is 6.06. The molecule has 0 N–H and O–H groups in total. The molecule has 0 spiro atoms. The van der Waals surface area contributed by atoms with Gasteiger partial charge in [0.15, 0.2) is 0 Å². The SMILES string of the molecule is CC(=O)N(C(C)=O)n1ccnc1. The molecule has 0 saturated heterocycles. The molecule has 64 valence electrons. The Hall–Kier alpha value is -1.65. The Morgan fingerprint density at radius 3 is 2.25 bits per heavy atom. The fourth-order valence-corrected chi connectivity index (χ4v) is 0.917. The Morgan fingerprint density at radius 1 is 1.33 bits per heavy atom. The molecular weight excluding hydrogens is 158 g/mol. The van der Waals surface area contributed by atoms with Gasteiger partial charge in [0, 0.05) is 26.2 Å². The molecule has 2 amide bonds. The molecule has 1 heterocycles. The van der Waals surface area contributed by atoms with Crippen molar-refractivity contribution in [2.45, 2.75) is 13.8 Å². The molecule has 0 fully saturated rings. The van der Waals surface area contributed by atoms with Gasteiger partial charge < -0.3 is 0 Å². The summed E-state index contributed by atoms with van der Waals surface area (Å²) in [7, 11) is 0. The molecule has 0 aliphatic carbocycles. The molecule has 5 heteroatoms. The maximum absolute atomic E-state index is 10.9. The lowest BCUT2D eigenvalue weighted by molar-refractivity contribution is -0.126. The summed E-state index contributed by atoms with van der Waals surface area (Å²) >= 11 is 0. The van der Waals surface area contributed by atoms with Crippen LogP contribution < -0.4 is 5.01 Å². The third-order valence-electron chi connectivity index (χ3n) is 1.32. The van der Waals surface area contributed by atoms with E-state index in [1.807, 2.05) is 0 Å². The van der Waals surface area contributed by atoms with Crippen LogP contribution in [0.1, 0.15) is 13.8 Å². The predicted octanol–water partition coefficient (Wildman–Crippen LogP) is -0.0859. The van der Waals surface area contributed by atoms with Gasteiger partial charge in [0.1, 0.15) is 6.33 Å². The van der Waals surface area contributed by atoms with E-state index in [0.717, 1.165) is 5.01 Å². The number of carbonyl (C=O) groups is 2. The van der Waals surface area contributed by atoms with Gasteiger partial charge in [0.2, 0.25) is 11.8 Å². The molecule has 1 aromatic rings. The lowest BCUT2D eigenvalue weighted by Gasteiger charge is -2.16. The Kier molecular flexibility index (Phi) is 2.23. The van der Waals surface area contributed by atoms with E-state index in [1.54, 1.807) is 0 Å². The van der Waals surface area contributed by atoms with Gasteiger partial charge in [-0.3, -0.25) is 9.59 Å². The number of imide groups is 1. The molecule has 5 nitrogen and oxygen atoms in total. The highest BCUT2D eigenvalue weighted by Crippen LogP contribution is 1.92. The molecule has 0 aliphatic rings. The Bertz CT molecular complexity index is 278. The van der Waals surface area contributed by atoms with Gasteiger partial charge in [-0.05, 0) is 0 Å². The second kappa shape index (κ2) is 3.17. The Morgan fingerprint density at radius 2 is 1.92 bits per heavy atom. The van der Waals surface area contributed by atoms with Crippen LogP contribution in [-0.4, -0.2) is 21.5 Å². The van der Waals surface area contributed by atoms with Crippen LogP contribution in [-0.2, 0) is 9.59 Å². The first-order chi connectivity index (χ1) is 5.63. The van der Waals surface area contributed by atoms with E-state index in [1.165, 1.54) is 37.2 Å². The van der Waals surface area contributed by atoms with E-state index in [4.69, 9.17) is 0 Å². The van der Waals surface area contributed by atoms with Crippen LogP contribution in [0.4, 0.5) is 0 Å². The first-order valence-corrected chi connectivity index (χ1v) is 3.42. The van der Waals surface area contributed by atoms with Crippen molar-refractivity contribution < 1.29 is 9.59 Å². The average Bonchev–Trinajstić information content (AvgIpc) is 2.37. The van der Waals surface area contributed by atoms with Crippen LogP contribution in [0.3, 0.4) is 0 Å². The second-order valence-corrected chi connectivity index (χ2v) is 2.29. The molecular formula is C7H9N3O2. The molecule has 0 unspecified atom stereocenters. The maximum Gasteiger partial charge on any atom is 0.245 e. The number of rotatable bonds is 1. The average molecular weight is 167 g/mol. The van der Waals surface area contributed by atoms with E-state index in [0.29, 0.717) is 0 Å². The molecule has 0 atom stereocenters. The zero-order chi connectivity index (χ0) is 9.14. The summed E-state index contributed by atoms with van der Waals surface area (Å²) in [5.41, 5.74) is 0. The van der Waals surface area contributed by atoms with Crippen LogP contribution in [0.25, 0.3) is 0 Å². The zero-order valence-corrected chi connectivity index (χ0v) is 6.89. The van der Waals surface area contributed by atoms with Crippen LogP contribution in [0.5, 0.6) is 0 Å². The fraction of sp³-hybridized carbons (Fsp3) is 0.286. The van der Waals surface area contributed by atoms with E-state index in [-0.39, 0.29) is 11.8 Å². The van der Waals surface area contributed by atoms with Gasteiger partial charge in [0.25, 0.3) is 0 Å². The molecule has 0 bridgehead atoms. The summed E-state index contributed by atoms with van der Waals surface area (Å²) in [6, 6.07) is 0. The lowest BCUT2D eigenvalue weighted by atomic mass is 10.6. The predicted molar refractivity (Wildman–Crippen MR) is 41.8 cm³/mol. The topological polar surface area (TPSA) is 55.2 Å². The van der Waals surface area contributed by atoms with Gasteiger partial charge >= 0.3 is 0 Å². The largest absolute Gasteiger partial charge is 0.273 e. The van der Waals surface area contributed by atoms with Crippen LogP contribution in [0.15, 0.2) is 18.7 Å². The fourth-order valence-electron chi connectivity index (χ4n) is 0.917. The number of hydrogen-bond donors (Lipinski definition) is 0. The summed E-state index contributed by atoms with van der Waals surface area (Å²) in [5.74, 6) is -0.666. The molecule has 0 radical (unpaired) electrons. The van der Waals surface area contributed by atoms with Gasteiger partial charge in [-0.2, -0.15) is 5.01 Å². The minimum absolute atomic E-state index is 0.333. The van der Waals surface area contributed by atoms with E-state index < -0.39 is 0 Å². The monoisotopic (exact) mass is 167 g/mol. The van der Waals surface area contributed by atoms with Crippen molar-refractivity contribution in [2.75, 3.05) is 5.01 Å². The van der Waals surface area contributed by atoms with E-state index >= 15 is 0 Å². The van der Waals surface area contributed by atoms with Crippen LogP contribution in [0.2, 0.25) is 0 Å². The normalized spacial score (nSPS) is 9.50. The maximum atomic E-state index is 10.9. The second-order valence-electron chi connectivity index (χ2n) is 2.29. The quantitative estimate of drug-likeness (QED) is 0.587. The third-order valence-corrected chi connectivity index (χ3v) is 1.32. The molecule has 0 aromatic carbocycles. The number of imidazole rings is 1. The van der Waals surface area contributed by atoms with Crippen molar-refractivity contribution in [1.29, 1.82) is 0 Å². The van der Waals surface area contributed by atoms with Gasteiger partial charge in [0.05, 0.1) is 0 Å². The third kappa shape index (κ3) is 1.50. The number of amides is 2. The van der Waals surface area contributed by atoms with Gasteiger partial charge in [-0.25, -0.2) is 9.66 Å². The number of aromatic nitrogens is 2.